The van der Waals surface area contributed by atoms with Crippen LogP contribution in [0.4, 0.5) is 4.79 Å². The molecular formula is C20H28N2O2S. The fourth-order valence-electron chi connectivity index (χ4n) is 2.65. The first-order valence-corrected chi connectivity index (χ1v) is 9.91. The van der Waals surface area contributed by atoms with Crippen LogP contribution in [0.3, 0.4) is 0 Å². The zero-order valence-corrected chi connectivity index (χ0v) is 16.3. The summed E-state index contributed by atoms with van der Waals surface area (Å²) in [5.74, 6) is -0.173. The highest BCUT2D eigenvalue weighted by Gasteiger charge is 2.35. The van der Waals surface area contributed by atoms with Crippen molar-refractivity contribution < 1.29 is 9.59 Å². The number of hydrogen-bond acceptors (Lipinski definition) is 4. The molecule has 0 radical (unpaired) electrons. The van der Waals surface area contributed by atoms with Gasteiger partial charge in [-0.25, -0.2) is 0 Å². The molecule has 0 saturated carbocycles. The summed E-state index contributed by atoms with van der Waals surface area (Å²) in [4.78, 5) is 29.1. The van der Waals surface area contributed by atoms with Crippen LogP contribution in [0.1, 0.15) is 50.7 Å². The zero-order valence-electron chi connectivity index (χ0n) is 15.5. The summed E-state index contributed by atoms with van der Waals surface area (Å²) in [6.07, 6.45) is 6.20. The van der Waals surface area contributed by atoms with Gasteiger partial charge in [0, 0.05) is 0 Å². The minimum Gasteiger partial charge on any atom is -0.286 e. The van der Waals surface area contributed by atoms with Gasteiger partial charge in [0.05, 0.1) is 11.6 Å². The van der Waals surface area contributed by atoms with Crippen molar-refractivity contribution in [3.05, 3.63) is 40.3 Å². The van der Waals surface area contributed by atoms with Crippen molar-refractivity contribution >= 4 is 29.0 Å². The lowest BCUT2D eigenvalue weighted by molar-refractivity contribution is -0.124. The smallest absolute Gasteiger partial charge is 0.286 e. The minimum absolute atomic E-state index is 0.165. The van der Waals surface area contributed by atoms with Crippen molar-refractivity contribution in [3.8, 4) is 0 Å². The molecular weight excluding hydrogens is 332 g/mol. The van der Waals surface area contributed by atoms with Gasteiger partial charge in [0.1, 0.15) is 0 Å². The van der Waals surface area contributed by atoms with Gasteiger partial charge in [0.15, 0.2) is 0 Å². The summed E-state index contributed by atoms with van der Waals surface area (Å²) < 4.78 is 0. The SMILES string of the molecule is CCCCN(CCCC)CN1C(=O)S/C(=C\c2ccc(C)cc2)C1=O. The van der Waals surface area contributed by atoms with Gasteiger partial charge in [0.2, 0.25) is 0 Å². The molecule has 0 N–H and O–H groups in total. The van der Waals surface area contributed by atoms with Crippen LogP contribution in [-0.4, -0.2) is 40.7 Å². The maximum atomic E-state index is 12.7. The average Bonchev–Trinajstić information content (AvgIpc) is 2.86. The topological polar surface area (TPSA) is 40.6 Å². The van der Waals surface area contributed by atoms with Crippen LogP contribution in [0.25, 0.3) is 6.08 Å². The van der Waals surface area contributed by atoms with Gasteiger partial charge in [-0.05, 0) is 56.3 Å². The Bertz CT molecular complexity index is 617. The molecule has 2 rings (SSSR count). The van der Waals surface area contributed by atoms with Gasteiger partial charge in [-0.2, -0.15) is 0 Å². The number of thioether (sulfide) groups is 1. The van der Waals surface area contributed by atoms with Crippen LogP contribution in [0.2, 0.25) is 0 Å². The number of carbonyl (C=O) groups is 2. The molecule has 0 bridgehead atoms. The second-order valence-corrected chi connectivity index (χ2v) is 7.48. The van der Waals surface area contributed by atoms with E-state index in [-0.39, 0.29) is 11.1 Å². The third-order valence-electron chi connectivity index (χ3n) is 4.25. The Hall–Kier alpha value is -1.59. The molecule has 0 spiro atoms. The monoisotopic (exact) mass is 360 g/mol. The molecule has 1 aromatic carbocycles. The molecule has 2 amide bonds. The molecule has 1 aromatic rings. The molecule has 136 valence electrons. The number of unbranched alkanes of at least 4 members (excludes halogenated alkanes) is 2. The van der Waals surface area contributed by atoms with E-state index in [9.17, 15) is 9.59 Å². The molecule has 0 atom stereocenters. The normalized spacial score (nSPS) is 16.5. The number of amides is 2. The summed E-state index contributed by atoms with van der Waals surface area (Å²) in [7, 11) is 0. The van der Waals surface area contributed by atoms with Crippen LogP contribution < -0.4 is 0 Å². The highest BCUT2D eigenvalue weighted by atomic mass is 32.2. The van der Waals surface area contributed by atoms with Crippen molar-refractivity contribution in [2.45, 2.75) is 46.5 Å². The number of hydrogen-bond donors (Lipinski definition) is 0. The molecule has 1 aliphatic rings. The largest absolute Gasteiger partial charge is 0.294 e. The van der Waals surface area contributed by atoms with E-state index in [0.29, 0.717) is 11.6 Å². The van der Waals surface area contributed by atoms with E-state index >= 15 is 0 Å². The summed E-state index contributed by atoms with van der Waals surface area (Å²) in [6, 6.07) is 7.96. The third kappa shape index (κ3) is 5.72. The standard InChI is InChI=1S/C20H28N2O2S/c1-4-6-12-21(13-7-5-2)15-22-19(23)18(25-20(22)24)14-17-10-8-16(3)9-11-17/h8-11,14H,4-7,12-13,15H2,1-3H3/b18-14-. The van der Waals surface area contributed by atoms with Crippen LogP contribution in [0.15, 0.2) is 29.2 Å². The number of rotatable bonds is 9. The summed E-state index contributed by atoms with van der Waals surface area (Å²) in [6.45, 7) is 8.59. The Morgan fingerprint density at radius 2 is 1.64 bits per heavy atom. The first-order valence-electron chi connectivity index (χ1n) is 9.09. The van der Waals surface area contributed by atoms with Gasteiger partial charge in [-0.3, -0.25) is 19.4 Å². The van der Waals surface area contributed by atoms with Crippen molar-refractivity contribution in [3.63, 3.8) is 0 Å². The van der Waals surface area contributed by atoms with Crippen LogP contribution in [0, 0.1) is 6.92 Å². The lowest BCUT2D eigenvalue weighted by atomic mass is 10.1. The van der Waals surface area contributed by atoms with Gasteiger partial charge < -0.3 is 0 Å². The second kappa shape index (κ2) is 9.78. The van der Waals surface area contributed by atoms with Crippen molar-refractivity contribution in [1.29, 1.82) is 0 Å². The Labute approximate surface area is 155 Å². The molecule has 4 nitrogen and oxygen atoms in total. The van der Waals surface area contributed by atoms with Crippen molar-refractivity contribution in [2.75, 3.05) is 19.8 Å². The zero-order chi connectivity index (χ0) is 18.2. The van der Waals surface area contributed by atoms with Gasteiger partial charge >= 0.3 is 0 Å². The van der Waals surface area contributed by atoms with E-state index in [2.05, 4.69) is 18.7 Å². The highest BCUT2D eigenvalue weighted by molar-refractivity contribution is 8.18. The lowest BCUT2D eigenvalue weighted by Crippen LogP contribution is -2.41. The third-order valence-corrected chi connectivity index (χ3v) is 5.15. The Kier molecular flexibility index (Phi) is 7.72. The van der Waals surface area contributed by atoms with Crippen LogP contribution in [0.5, 0.6) is 0 Å². The van der Waals surface area contributed by atoms with E-state index < -0.39 is 0 Å². The predicted molar refractivity (Wildman–Crippen MR) is 105 cm³/mol. The van der Waals surface area contributed by atoms with E-state index in [4.69, 9.17) is 0 Å². The Morgan fingerprint density at radius 1 is 1.04 bits per heavy atom. The second-order valence-electron chi connectivity index (χ2n) is 6.49. The van der Waals surface area contributed by atoms with Crippen LogP contribution in [-0.2, 0) is 4.79 Å². The summed E-state index contributed by atoms with van der Waals surface area (Å²) >= 11 is 1.04. The Balaban J connectivity index is 2.07. The maximum Gasteiger partial charge on any atom is 0.294 e. The molecule has 1 aliphatic heterocycles. The maximum absolute atomic E-state index is 12.7. The Morgan fingerprint density at radius 3 is 2.20 bits per heavy atom. The number of benzene rings is 1. The summed E-state index contributed by atoms with van der Waals surface area (Å²) in [5.41, 5.74) is 2.12. The predicted octanol–water partition coefficient (Wildman–Crippen LogP) is 4.89. The molecule has 0 aliphatic carbocycles. The highest BCUT2D eigenvalue weighted by Crippen LogP contribution is 2.32. The molecule has 25 heavy (non-hydrogen) atoms. The number of aryl methyl sites for hydroxylation is 1. The van der Waals surface area contributed by atoms with E-state index in [1.54, 1.807) is 0 Å². The molecule has 1 saturated heterocycles. The minimum atomic E-state index is -0.173. The average molecular weight is 361 g/mol. The number of carbonyl (C=O) groups excluding carboxylic acids is 2. The van der Waals surface area contributed by atoms with Gasteiger partial charge in [0.25, 0.3) is 11.1 Å². The fraction of sp³-hybridized carbons (Fsp3) is 0.500. The summed E-state index contributed by atoms with van der Waals surface area (Å²) in [5, 5.41) is -0.165. The molecule has 1 fully saturated rings. The van der Waals surface area contributed by atoms with E-state index in [0.717, 1.165) is 56.1 Å². The molecule has 0 unspecified atom stereocenters. The van der Waals surface area contributed by atoms with E-state index in [1.807, 2.05) is 37.3 Å². The molecule has 1 heterocycles. The number of imide groups is 1. The lowest BCUT2D eigenvalue weighted by Gasteiger charge is -2.26. The first-order chi connectivity index (χ1) is 12.0. The molecule has 5 heteroatoms. The first kappa shape index (κ1) is 19.7. The molecule has 0 aromatic heterocycles. The van der Waals surface area contributed by atoms with Gasteiger partial charge in [-0.1, -0.05) is 56.5 Å². The van der Waals surface area contributed by atoms with Crippen LogP contribution >= 0.6 is 11.8 Å². The van der Waals surface area contributed by atoms with Crippen molar-refractivity contribution in [1.82, 2.24) is 9.80 Å². The quantitative estimate of drug-likeness (QED) is 0.588. The number of nitrogens with zero attached hydrogens (tertiary/aromatic N) is 2. The van der Waals surface area contributed by atoms with Gasteiger partial charge in [-0.15, -0.1) is 0 Å². The fourth-order valence-corrected chi connectivity index (χ4v) is 3.48. The van der Waals surface area contributed by atoms with Crippen molar-refractivity contribution in [2.24, 2.45) is 0 Å². The van der Waals surface area contributed by atoms with E-state index in [1.165, 1.54) is 10.5 Å².